The normalized spacial score (nSPS) is 12.1. The molecule has 0 amide bonds. The number of halogens is 2. The molecule has 0 aliphatic heterocycles. The van der Waals surface area contributed by atoms with E-state index in [0.717, 1.165) is 0 Å². The first-order chi connectivity index (χ1) is 7.91. The van der Waals surface area contributed by atoms with E-state index >= 15 is 0 Å². The van der Waals surface area contributed by atoms with Crippen molar-refractivity contribution < 1.29 is 8.42 Å². The van der Waals surface area contributed by atoms with Gasteiger partial charge in [-0.2, -0.15) is 4.31 Å². The van der Waals surface area contributed by atoms with Crippen molar-refractivity contribution in [3.63, 3.8) is 0 Å². The molecule has 1 aromatic rings. The van der Waals surface area contributed by atoms with E-state index in [9.17, 15) is 8.42 Å². The van der Waals surface area contributed by atoms with Gasteiger partial charge in [-0.3, -0.25) is 0 Å². The first kappa shape index (κ1) is 14.7. The van der Waals surface area contributed by atoms with E-state index in [2.05, 4.69) is 5.32 Å². The molecule has 0 saturated carbocycles. The van der Waals surface area contributed by atoms with Gasteiger partial charge in [0.1, 0.15) is 4.90 Å². The number of nitrogens with zero attached hydrogens (tertiary/aromatic N) is 1. The average Bonchev–Trinajstić information content (AvgIpc) is 2.25. The Morgan fingerprint density at radius 2 is 1.82 bits per heavy atom. The summed E-state index contributed by atoms with van der Waals surface area (Å²) in [5.74, 6) is 0. The van der Waals surface area contributed by atoms with Crippen LogP contribution in [-0.4, -0.2) is 39.9 Å². The number of sulfonamides is 1. The molecule has 0 atom stereocenters. The Morgan fingerprint density at radius 1 is 1.29 bits per heavy atom. The summed E-state index contributed by atoms with van der Waals surface area (Å²) < 4.78 is 25.6. The Kier molecular flexibility index (Phi) is 5.22. The van der Waals surface area contributed by atoms with Gasteiger partial charge in [0.2, 0.25) is 10.0 Å². The summed E-state index contributed by atoms with van der Waals surface area (Å²) in [6.45, 7) is 0.901. The molecule has 0 fully saturated rings. The largest absolute Gasteiger partial charge is 0.318 e. The molecule has 0 saturated heterocycles. The summed E-state index contributed by atoms with van der Waals surface area (Å²) in [5.41, 5.74) is 0. The van der Waals surface area contributed by atoms with Crippen LogP contribution in [0.2, 0.25) is 10.0 Å². The van der Waals surface area contributed by atoms with Crippen LogP contribution in [0, 0.1) is 0 Å². The van der Waals surface area contributed by atoms with Crippen molar-refractivity contribution in [3.8, 4) is 0 Å². The predicted molar refractivity (Wildman–Crippen MR) is 70.2 cm³/mol. The fraction of sp³-hybridized carbons (Fsp3) is 0.400. The van der Waals surface area contributed by atoms with Crippen LogP contribution in [0.25, 0.3) is 0 Å². The summed E-state index contributed by atoms with van der Waals surface area (Å²) >= 11 is 11.8. The molecule has 17 heavy (non-hydrogen) atoms. The quantitative estimate of drug-likeness (QED) is 0.902. The molecule has 1 N–H and O–H groups in total. The Morgan fingerprint density at radius 3 is 2.29 bits per heavy atom. The molecule has 0 aliphatic carbocycles. The van der Waals surface area contributed by atoms with E-state index in [0.29, 0.717) is 13.1 Å². The lowest BCUT2D eigenvalue weighted by Gasteiger charge is -2.18. The second-order valence-electron chi connectivity index (χ2n) is 3.48. The summed E-state index contributed by atoms with van der Waals surface area (Å²) in [6.07, 6.45) is 0. The minimum Gasteiger partial charge on any atom is -0.318 e. The van der Waals surface area contributed by atoms with Gasteiger partial charge in [-0.25, -0.2) is 8.42 Å². The highest BCUT2D eigenvalue weighted by atomic mass is 35.5. The number of hydrogen-bond donors (Lipinski definition) is 1. The molecule has 1 rings (SSSR count). The third-order valence-electron chi connectivity index (χ3n) is 2.26. The van der Waals surface area contributed by atoms with E-state index in [-0.39, 0.29) is 14.9 Å². The van der Waals surface area contributed by atoms with Gasteiger partial charge in [-0.1, -0.05) is 29.3 Å². The van der Waals surface area contributed by atoms with Gasteiger partial charge in [-0.05, 0) is 19.2 Å². The summed E-state index contributed by atoms with van der Waals surface area (Å²) in [5, 5.41) is 3.15. The van der Waals surface area contributed by atoms with Crippen LogP contribution in [-0.2, 0) is 10.0 Å². The van der Waals surface area contributed by atoms with E-state index in [4.69, 9.17) is 23.2 Å². The Labute approximate surface area is 112 Å². The zero-order chi connectivity index (χ0) is 13.1. The molecular formula is C10H14Cl2N2O2S. The van der Waals surface area contributed by atoms with Gasteiger partial charge in [-0.15, -0.1) is 0 Å². The maximum atomic E-state index is 12.2. The minimum absolute atomic E-state index is 0.0399. The van der Waals surface area contributed by atoms with Gasteiger partial charge in [0, 0.05) is 20.1 Å². The molecule has 0 aromatic heterocycles. The molecule has 0 unspecified atom stereocenters. The number of hydrogen-bond acceptors (Lipinski definition) is 3. The SMILES string of the molecule is CNCCN(C)S(=O)(=O)c1c(Cl)cccc1Cl. The lowest BCUT2D eigenvalue weighted by Crippen LogP contribution is -2.33. The van der Waals surface area contributed by atoms with Gasteiger partial charge < -0.3 is 5.32 Å². The van der Waals surface area contributed by atoms with Crippen molar-refractivity contribution in [1.29, 1.82) is 0 Å². The van der Waals surface area contributed by atoms with Crippen LogP contribution in [0.1, 0.15) is 0 Å². The summed E-state index contributed by atoms with van der Waals surface area (Å²) in [4.78, 5) is -0.0399. The lowest BCUT2D eigenvalue weighted by atomic mass is 10.4. The van der Waals surface area contributed by atoms with E-state index < -0.39 is 10.0 Å². The van der Waals surface area contributed by atoms with Crippen LogP contribution in [0.15, 0.2) is 23.1 Å². The standard InChI is InChI=1S/C10H14Cl2N2O2S/c1-13-6-7-14(2)17(15,16)10-8(11)4-3-5-9(10)12/h3-5,13H,6-7H2,1-2H3. The Bertz CT molecular complexity index is 471. The van der Waals surface area contributed by atoms with Gasteiger partial charge >= 0.3 is 0 Å². The third kappa shape index (κ3) is 3.33. The molecule has 4 nitrogen and oxygen atoms in total. The topological polar surface area (TPSA) is 49.4 Å². The molecule has 0 heterocycles. The highest BCUT2D eigenvalue weighted by molar-refractivity contribution is 7.89. The monoisotopic (exact) mass is 296 g/mol. The second kappa shape index (κ2) is 6.02. The fourth-order valence-electron chi connectivity index (χ4n) is 1.27. The molecule has 0 radical (unpaired) electrons. The van der Waals surface area contributed by atoms with E-state index in [1.54, 1.807) is 13.1 Å². The molecule has 0 bridgehead atoms. The van der Waals surface area contributed by atoms with Crippen molar-refractivity contribution in [2.45, 2.75) is 4.90 Å². The zero-order valence-corrected chi connectivity index (χ0v) is 11.9. The van der Waals surface area contributed by atoms with Crippen LogP contribution < -0.4 is 5.32 Å². The highest BCUT2D eigenvalue weighted by Crippen LogP contribution is 2.30. The Hall–Kier alpha value is -0.330. The van der Waals surface area contributed by atoms with E-state index in [1.807, 2.05) is 0 Å². The molecule has 0 spiro atoms. The highest BCUT2D eigenvalue weighted by Gasteiger charge is 2.25. The number of benzene rings is 1. The summed E-state index contributed by atoms with van der Waals surface area (Å²) in [7, 11) is -0.398. The third-order valence-corrected chi connectivity index (χ3v) is 5.08. The number of nitrogens with one attached hydrogen (secondary N) is 1. The second-order valence-corrected chi connectivity index (χ2v) is 6.28. The smallest absolute Gasteiger partial charge is 0.245 e. The lowest BCUT2D eigenvalue weighted by molar-refractivity contribution is 0.466. The first-order valence-electron chi connectivity index (χ1n) is 4.96. The van der Waals surface area contributed by atoms with Crippen molar-refractivity contribution in [3.05, 3.63) is 28.2 Å². The fourth-order valence-corrected chi connectivity index (χ4v) is 3.53. The minimum atomic E-state index is -3.64. The van der Waals surface area contributed by atoms with Crippen molar-refractivity contribution in [1.82, 2.24) is 9.62 Å². The molecule has 7 heteroatoms. The number of rotatable bonds is 5. The van der Waals surface area contributed by atoms with Crippen LogP contribution in [0.5, 0.6) is 0 Å². The number of likely N-dealkylation sites (N-methyl/N-ethyl adjacent to an activating group) is 2. The maximum absolute atomic E-state index is 12.2. The van der Waals surface area contributed by atoms with Crippen molar-refractivity contribution in [2.75, 3.05) is 27.2 Å². The Balaban J connectivity index is 3.13. The van der Waals surface area contributed by atoms with Crippen LogP contribution in [0.4, 0.5) is 0 Å². The average molecular weight is 297 g/mol. The maximum Gasteiger partial charge on any atom is 0.245 e. The molecule has 1 aromatic carbocycles. The molecular weight excluding hydrogens is 283 g/mol. The van der Waals surface area contributed by atoms with Crippen LogP contribution >= 0.6 is 23.2 Å². The summed E-state index contributed by atoms with van der Waals surface area (Å²) in [6, 6.07) is 4.62. The van der Waals surface area contributed by atoms with Crippen molar-refractivity contribution >= 4 is 33.2 Å². The zero-order valence-electron chi connectivity index (χ0n) is 9.57. The molecule has 0 aliphatic rings. The van der Waals surface area contributed by atoms with Gasteiger partial charge in [0.25, 0.3) is 0 Å². The van der Waals surface area contributed by atoms with Gasteiger partial charge in [0.15, 0.2) is 0 Å². The predicted octanol–water partition coefficient (Wildman–Crippen LogP) is 1.83. The van der Waals surface area contributed by atoms with E-state index in [1.165, 1.54) is 23.5 Å². The molecule has 96 valence electrons. The van der Waals surface area contributed by atoms with Crippen LogP contribution in [0.3, 0.4) is 0 Å². The van der Waals surface area contributed by atoms with Gasteiger partial charge in [0.05, 0.1) is 10.0 Å². The van der Waals surface area contributed by atoms with Crippen molar-refractivity contribution in [2.24, 2.45) is 0 Å². The first-order valence-corrected chi connectivity index (χ1v) is 7.16.